The van der Waals surface area contributed by atoms with Crippen LogP contribution >= 0.6 is 0 Å². The summed E-state index contributed by atoms with van der Waals surface area (Å²) in [6, 6.07) is 14.9. The highest BCUT2D eigenvalue weighted by Crippen LogP contribution is 2.40. The van der Waals surface area contributed by atoms with Gasteiger partial charge in [-0.3, -0.25) is 9.78 Å². The number of benzene rings is 2. The van der Waals surface area contributed by atoms with E-state index in [2.05, 4.69) is 53.6 Å². The number of pyridine rings is 1. The maximum absolute atomic E-state index is 12.3. The van der Waals surface area contributed by atoms with E-state index in [-0.39, 0.29) is 18.1 Å². The number of nitrogens with zero attached hydrogens (tertiary/aromatic N) is 1. The lowest BCUT2D eigenvalue weighted by Gasteiger charge is -2.16. The summed E-state index contributed by atoms with van der Waals surface area (Å²) in [5.74, 6) is 0.900. The lowest BCUT2D eigenvalue weighted by molar-refractivity contribution is -0.130. The first kappa shape index (κ1) is 19.1. The molecule has 0 aliphatic carbocycles. The van der Waals surface area contributed by atoms with Crippen LogP contribution in [0.2, 0.25) is 0 Å². The molecule has 3 heterocycles. The van der Waals surface area contributed by atoms with Crippen LogP contribution < -0.4 is 10.1 Å². The molecule has 0 radical (unpaired) electrons. The van der Waals surface area contributed by atoms with Crippen LogP contribution in [0.5, 0.6) is 5.75 Å². The van der Waals surface area contributed by atoms with Crippen LogP contribution in [0.3, 0.4) is 0 Å². The third kappa shape index (κ3) is 3.65. The molecule has 1 N–H and O–H groups in total. The first-order chi connectivity index (χ1) is 14.6. The van der Waals surface area contributed by atoms with Gasteiger partial charge in [-0.15, -0.1) is 0 Å². The predicted molar refractivity (Wildman–Crippen MR) is 117 cm³/mol. The zero-order valence-electron chi connectivity index (χ0n) is 17.4. The summed E-state index contributed by atoms with van der Waals surface area (Å²) in [5.41, 5.74) is 6.64. The number of aryl methyl sites for hydroxylation is 2. The number of rotatable bonds is 4. The maximum atomic E-state index is 12.3. The van der Waals surface area contributed by atoms with Crippen molar-refractivity contribution < 1.29 is 14.3 Å². The number of amides is 1. The fraction of sp³-hybridized carbons (Fsp3) is 0.360. The Balaban J connectivity index is 1.38. The lowest BCUT2D eigenvalue weighted by atomic mass is 9.96. The first-order valence-electron chi connectivity index (χ1n) is 10.6. The van der Waals surface area contributed by atoms with Gasteiger partial charge in [0.2, 0.25) is 5.91 Å². The molecule has 3 aromatic rings. The molecule has 2 unspecified atom stereocenters. The van der Waals surface area contributed by atoms with E-state index in [9.17, 15) is 4.79 Å². The van der Waals surface area contributed by atoms with E-state index in [4.69, 9.17) is 9.47 Å². The molecule has 5 nitrogen and oxygen atoms in total. The van der Waals surface area contributed by atoms with Crippen molar-refractivity contribution in [3.05, 3.63) is 59.3 Å². The molecule has 1 saturated heterocycles. The van der Waals surface area contributed by atoms with Crippen molar-refractivity contribution in [2.45, 2.75) is 45.3 Å². The molecule has 2 atom stereocenters. The van der Waals surface area contributed by atoms with Crippen molar-refractivity contribution in [1.29, 1.82) is 0 Å². The smallest absolute Gasteiger partial charge is 0.249 e. The second-order valence-electron chi connectivity index (χ2n) is 8.35. The number of ether oxygens (including phenoxy) is 2. The SMILES string of the molecule is Cc1cc2c(c(-c3ccc4nc(C)ccc4c3)c1)OC(CNC(=O)C1CCCO1)C2. The molecule has 154 valence electrons. The minimum absolute atomic E-state index is 0.0271. The summed E-state index contributed by atoms with van der Waals surface area (Å²) in [7, 11) is 0. The second kappa shape index (κ2) is 7.73. The van der Waals surface area contributed by atoms with Gasteiger partial charge in [0.05, 0.1) is 12.1 Å². The van der Waals surface area contributed by atoms with Gasteiger partial charge in [0.15, 0.2) is 0 Å². The Morgan fingerprint density at radius 3 is 2.90 bits per heavy atom. The third-order valence-corrected chi connectivity index (χ3v) is 5.91. The Hall–Kier alpha value is -2.92. The van der Waals surface area contributed by atoms with Crippen LogP contribution in [0.1, 0.15) is 29.7 Å². The average molecular weight is 402 g/mol. The van der Waals surface area contributed by atoms with E-state index in [1.165, 1.54) is 11.1 Å². The third-order valence-electron chi connectivity index (χ3n) is 5.91. The molecule has 2 aliphatic rings. The predicted octanol–water partition coefficient (Wildman–Crippen LogP) is 4.12. The highest BCUT2D eigenvalue weighted by Gasteiger charge is 2.29. The van der Waals surface area contributed by atoms with Crippen LogP contribution in [0.15, 0.2) is 42.5 Å². The Bertz CT molecular complexity index is 1120. The Labute approximate surface area is 176 Å². The number of carbonyl (C=O) groups excluding carboxylic acids is 1. The van der Waals surface area contributed by atoms with Crippen LogP contribution in [0.25, 0.3) is 22.0 Å². The molecule has 1 aromatic heterocycles. The molecule has 1 amide bonds. The van der Waals surface area contributed by atoms with Crippen molar-refractivity contribution in [3.8, 4) is 16.9 Å². The summed E-state index contributed by atoms with van der Waals surface area (Å²) in [6.45, 7) is 5.29. The molecular formula is C25H26N2O3. The first-order valence-corrected chi connectivity index (χ1v) is 10.6. The van der Waals surface area contributed by atoms with Gasteiger partial charge in [0.1, 0.15) is 18.0 Å². The summed E-state index contributed by atoms with van der Waals surface area (Å²) in [6.07, 6.45) is 2.19. The molecule has 5 heteroatoms. The molecule has 0 spiro atoms. The number of hydrogen-bond donors (Lipinski definition) is 1. The van der Waals surface area contributed by atoms with E-state index in [0.717, 1.165) is 52.7 Å². The van der Waals surface area contributed by atoms with Crippen molar-refractivity contribution in [1.82, 2.24) is 10.3 Å². The van der Waals surface area contributed by atoms with Gasteiger partial charge in [0, 0.05) is 29.7 Å². The van der Waals surface area contributed by atoms with Gasteiger partial charge >= 0.3 is 0 Å². The van der Waals surface area contributed by atoms with Crippen molar-refractivity contribution >= 4 is 16.8 Å². The molecule has 2 aliphatic heterocycles. The van der Waals surface area contributed by atoms with Crippen molar-refractivity contribution in [2.75, 3.05) is 13.2 Å². The second-order valence-corrected chi connectivity index (χ2v) is 8.35. The number of nitrogens with one attached hydrogen (secondary N) is 1. The Morgan fingerprint density at radius 2 is 2.07 bits per heavy atom. The fourth-order valence-electron chi connectivity index (χ4n) is 4.43. The van der Waals surface area contributed by atoms with Crippen LogP contribution in [-0.2, 0) is 16.0 Å². The molecule has 30 heavy (non-hydrogen) atoms. The number of fused-ring (bicyclic) bond motifs is 2. The fourth-order valence-corrected chi connectivity index (χ4v) is 4.43. The number of hydrogen-bond acceptors (Lipinski definition) is 4. The molecule has 0 bridgehead atoms. The lowest BCUT2D eigenvalue weighted by Crippen LogP contribution is -2.40. The zero-order valence-corrected chi connectivity index (χ0v) is 17.4. The number of carbonyl (C=O) groups is 1. The van der Waals surface area contributed by atoms with Crippen LogP contribution in [0.4, 0.5) is 0 Å². The largest absolute Gasteiger partial charge is 0.487 e. The molecule has 0 saturated carbocycles. The zero-order chi connectivity index (χ0) is 20.7. The van der Waals surface area contributed by atoms with Gasteiger partial charge in [-0.25, -0.2) is 0 Å². The van der Waals surface area contributed by atoms with Crippen LogP contribution in [-0.4, -0.2) is 36.3 Å². The molecular weight excluding hydrogens is 376 g/mol. The molecule has 2 aromatic carbocycles. The highest BCUT2D eigenvalue weighted by molar-refractivity contribution is 5.86. The summed E-state index contributed by atoms with van der Waals surface area (Å²) in [4.78, 5) is 16.9. The standard InChI is InChI=1S/C25H26N2O3/c1-15-10-19-13-20(14-26-25(28)23-4-3-9-29-23)30-24(19)21(11-15)17-7-8-22-18(12-17)6-5-16(2)27-22/h5-8,10-12,20,23H,3-4,9,13-14H2,1-2H3,(H,26,28). The van der Waals surface area contributed by atoms with Crippen LogP contribution in [0, 0.1) is 13.8 Å². The normalized spacial score (nSPS) is 20.2. The maximum Gasteiger partial charge on any atom is 0.249 e. The summed E-state index contributed by atoms with van der Waals surface area (Å²) < 4.78 is 11.8. The molecule has 1 fully saturated rings. The summed E-state index contributed by atoms with van der Waals surface area (Å²) in [5, 5.41) is 4.12. The minimum atomic E-state index is -0.304. The minimum Gasteiger partial charge on any atom is -0.487 e. The van der Waals surface area contributed by atoms with Gasteiger partial charge in [-0.05, 0) is 67.6 Å². The van der Waals surface area contributed by atoms with E-state index in [1.807, 2.05) is 13.0 Å². The van der Waals surface area contributed by atoms with Gasteiger partial charge < -0.3 is 14.8 Å². The van der Waals surface area contributed by atoms with E-state index in [0.29, 0.717) is 13.2 Å². The van der Waals surface area contributed by atoms with Crippen molar-refractivity contribution in [3.63, 3.8) is 0 Å². The van der Waals surface area contributed by atoms with E-state index in [1.54, 1.807) is 0 Å². The quantitative estimate of drug-likeness (QED) is 0.713. The number of aromatic nitrogens is 1. The van der Waals surface area contributed by atoms with E-state index < -0.39 is 0 Å². The summed E-state index contributed by atoms with van der Waals surface area (Å²) >= 11 is 0. The Kier molecular flexibility index (Phi) is 4.91. The molecule has 5 rings (SSSR count). The van der Waals surface area contributed by atoms with Gasteiger partial charge in [-0.1, -0.05) is 18.2 Å². The average Bonchev–Trinajstić information content (AvgIpc) is 3.41. The Morgan fingerprint density at radius 1 is 1.17 bits per heavy atom. The monoisotopic (exact) mass is 402 g/mol. The van der Waals surface area contributed by atoms with Crippen molar-refractivity contribution in [2.24, 2.45) is 0 Å². The highest BCUT2D eigenvalue weighted by atomic mass is 16.5. The van der Waals surface area contributed by atoms with Gasteiger partial charge in [0.25, 0.3) is 0 Å². The van der Waals surface area contributed by atoms with Gasteiger partial charge in [-0.2, -0.15) is 0 Å². The topological polar surface area (TPSA) is 60.5 Å². The van der Waals surface area contributed by atoms with E-state index >= 15 is 0 Å².